The van der Waals surface area contributed by atoms with Crippen molar-refractivity contribution in [2.24, 2.45) is 0 Å². The monoisotopic (exact) mass is 431 g/mol. The van der Waals surface area contributed by atoms with Crippen LogP contribution in [0.5, 0.6) is 0 Å². The quantitative estimate of drug-likeness (QED) is 0.635. The molecule has 7 heteroatoms. The van der Waals surface area contributed by atoms with E-state index in [-0.39, 0.29) is 17.6 Å². The van der Waals surface area contributed by atoms with Gasteiger partial charge in [0, 0.05) is 51.8 Å². The molecule has 3 aliphatic rings. The Labute approximate surface area is 188 Å². The summed E-state index contributed by atoms with van der Waals surface area (Å²) in [5.74, 6) is 0.263. The molecule has 0 bridgehead atoms. The summed E-state index contributed by atoms with van der Waals surface area (Å²) in [4.78, 5) is 25.4. The average molecular weight is 432 g/mol. The summed E-state index contributed by atoms with van der Waals surface area (Å²) in [6.45, 7) is 5.51. The van der Waals surface area contributed by atoms with Crippen molar-refractivity contribution in [1.82, 2.24) is 24.1 Å². The highest BCUT2D eigenvalue weighted by molar-refractivity contribution is 5.85. The summed E-state index contributed by atoms with van der Waals surface area (Å²) in [6, 6.07) is 16.4. The van der Waals surface area contributed by atoms with E-state index in [9.17, 15) is 4.79 Å². The van der Waals surface area contributed by atoms with Gasteiger partial charge in [0.25, 0.3) is 0 Å². The van der Waals surface area contributed by atoms with Crippen molar-refractivity contribution in [2.75, 3.05) is 32.8 Å². The molecule has 0 radical (unpaired) electrons. The summed E-state index contributed by atoms with van der Waals surface area (Å²) in [5.41, 5.74) is 3.11. The van der Waals surface area contributed by atoms with Crippen LogP contribution in [0.4, 0.5) is 0 Å². The Balaban J connectivity index is 1.26. The first-order valence-electron chi connectivity index (χ1n) is 11.6. The lowest BCUT2D eigenvalue weighted by molar-refractivity contribution is -0.137. The maximum absolute atomic E-state index is 13.8. The van der Waals surface area contributed by atoms with E-state index in [1.54, 1.807) is 0 Å². The molecule has 1 amide bonds. The van der Waals surface area contributed by atoms with E-state index < -0.39 is 0 Å². The van der Waals surface area contributed by atoms with E-state index >= 15 is 0 Å². The minimum absolute atomic E-state index is 0.0928. The third-order valence-corrected chi connectivity index (χ3v) is 7.41. The molecule has 166 valence electrons. The van der Waals surface area contributed by atoms with Crippen molar-refractivity contribution in [2.45, 2.75) is 37.6 Å². The number of carbonyl (C=O) groups is 1. The van der Waals surface area contributed by atoms with Crippen LogP contribution >= 0.6 is 0 Å². The number of ether oxygens (including phenoxy) is 1. The van der Waals surface area contributed by atoms with E-state index in [1.165, 1.54) is 11.3 Å². The second kappa shape index (κ2) is 7.99. The van der Waals surface area contributed by atoms with Crippen LogP contribution in [-0.2, 0) is 22.6 Å². The Kier molecular flexibility index (Phi) is 4.97. The highest BCUT2D eigenvalue weighted by Gasteiger charge is 2.58. The molecule has 0 aliphatic carbocycles. The first-order chi connectivity index (χ1) is 15.7. The number of aromatic nitrogens is 2. The Morgan fingerprint density at radius 1 is 1.00 bits per heavy atom. The Morgan fingerprint density at radius 2 is 1.81 bits per heavy atom. The number of carbonyl (C=O) groups excluding carboxylic acids is 1. The van der Waals surface area contributed by atoms with E-state index in [0.29, 0.717) is 19.8 Å². The molecule has 1 spiro atoms. The molecule has 3 saturated heterocycles. The molecule has 1 aromatic carbocycles. The fraction of sp³-hybridized carbons (Fsp3) is 0.440. The van der Waals surface area contributed by atoms with Crippen LogP contribution in [0.25, 0.3) is 5.65 Å². The van der Waals surface area contributed by atoms with Crippen LogP contribution < -0.4 is 0 Å². The fourth-order valence-electron chi connectivity index (χ4n) is 5.81. The number of fused-ring (bicyclic) bond motifs is 3. The molecule has 2 aromatic heterocycles. The Morgan fingerprint density at radius 3 is 2.66 bits per heavy atom. The van der Waals surface area contributed by atoms with E-state index in [1.807, 2.05) is 30.5 Å². The number of rotatable bonds is 4. The molecule has 3 aliphatic heterocycles. The normalized spacial score (nSPS) is 23.8. The highest BCUT2D eigenvalue weighted by atomic mass is 16.5. The third-order valence-electron chi connectivity index (χ3n) is 7.41. The minimum Gasteiger partial charge on any atom is -0.381 e. The molecule has 0 unspecified atom stereocenters. The van der Waals surface area contributed by atoms with Crippen molar-refractivity contribution in [3.63, 3.8) is 0 Å². The van der Waals surface area contributed by atoms with Gasteiger partial charge in [-0.15, -0.1) is 0 Å². The van der Waals surface area contributed by atoms with Gasteiger partial charge >= 0.3 is 0 Å². The lowest BCUT2D eigenvalue weighted by Gasteiger charge is -2.49. The van der Waals surface area contributed by atoms with Crippen molar-refractivity contribution < 1.29 is 9.53 Å². The minimum atomic E-state index is -0.217. The van der Waals surface area contributed by atoms with Crippen LogP contribution in [0.2, 0.25) is 0 Å². The molecule has 5 heterocycles. The number of nitrogens with zero attached hydrogens (tertiary/aromatic N) is 5. The second-order valence-corrected chi connectivity index (χ2v) is 9.13. The number of amides is 1. The number of piperazine rings is 1. The molecule has 7 nitrogen and oxygen atoms in total. The standard InChI is InChI=1S/C25H29N5O2/c31-24-22-19-27(18-21-16-26-23-8-4-5-11-28(21)23)12-13-29(22)25(9-14-32-15-10-25)30(24)17-20-6-2-1-3-7-20/h1-8,11,16,22H,9-10,12-15,17-19H2/t22-/m1/s1. The van der Waals surface area contributed by atoms with Crippen molar-refractivity contribution in [3.05, 3.63) is 72.2 Å². The Hall–Kier alpha value is -2.74. The lowest BCUT2D eigenvalue weighted by Crippen LogP contribution is -2.61. The van der Waals surface area contributed by atoms with Crippen molar-refractivity contribution in [3.8, 4) is 0 Å². The van der Waals surface area contributed by atoms with Crippen LogP contribution in [0, 0.1) is 0 Å². The number of pyridine rings is 1. The van der Waals surface area contributed by atoms with Gasteiger partial charge in [-0.1, -0.05) is 36.4 Å². The van der Waals surface area contributed by atoms with E-state index in [2.05, 4.69) is 54.5 Å². The molecular weight excluding hydrogens is 402 g/mol. The number of hydrogen-bond donors (Lipinski definition) is 0. The van der Waals surface area contributed by atoms with Gasteiger partial charge in [0.2, 0.25) is 5.91 Å². The summed E-state index contributed by atoms with van der Waals surface area (Å²) >= 11 is 0. The molecule has 0 N–H and O–H groups in total. The van der Waals surface area contributed by atoms with Gasteiger partial charge in [-0.2, -0.15) is 0 Å². The molecule has 3 fully saturated rings. The number of hydrogen-bond acceptors (Lipinski definition) is 5. The lowest BCUT2D eigenvalue weighted by atomic mass is 9.96. The SMILES string of the molecule is O=C1[C@H]2CN(Cc3cnc4ccccn34)CCN2C2(CCOCC2)N1Cc1ccccc1. The van der Waals surface area contributed by atoms with Gasteiger partial charge in [0.1, 0.15) is 17.4 Å². The summed E-state index contributed by atoms with van der Waals surface area (Å²) in [6.07, 6.45) is 5.79. The third kappa shape index (κ3) is 3.23. The smallest absolute Gasteiger partial charge is 0.243 e. The first kappa shape index (κ1) is 19.9. The fourth-order valence-corrected chi connectivity index (χ4v) is 5.81. The zero-order valence-corrected chi connectivity index (χ0v) is 18.3. The Bertz CT molecular complexity index is 1110. The van der Waals surface area contributed by atoms with Gasteiger partial charge in [-0.25, -0.2) is 4.98 Å². The van der Waals surface area contributed by atoms with Crippen molar-refractivity contribution in [1.29, 1.82) is 0 Å². The number of imidazole rings is 1. The zero-order chi connectivity index (χ0) is 21.5. The van der Waals surface area contributed by atoms with Crippen LogP contribution in [0.3, 0.4) is 0 Å². The first-order valence-corrected chi connectivity index (χ1v) is 11.6. The van der Waals surface area contributed by atoms with Gasteiger partial charge in [0.05, 0.1) is 25.1 Å². The molecule has 32 heavy (non-hydrogen) atoms. The van der Waals surface area contributed by atoms with E-state index in [4.69, 9.17) is 4.74 Å². The van der Waals surface area contributed by atoms with Gasteiger partial charge in [-0.05, 0) is 17.7 Å². The summed E-state index contributed by atoms with van der Waals surface area (Å²) < 4.78 is 7.86. The second-order valence-electron chi connectivity index (χ2n) is 9.13. The van der Waals surface area contributed by atoms with Gasteiger partial charge in [0.15, 0.2) is 0 Å². The molecule has 1 atom stereocenters. The molecular formula is C25H29N5O2. The molecule has 3 aromatic rings. The van der Waals surface area contributed by atoms with Gasteiger partial charge < -0.3 is 14.0 Å². The highest BCUT2D eigenvalue weighted by Crippen LogP contribution is 2.42. The van der Waals surface area contributed by atoms with Crippen LogP contribution in [0.15, 0.2) is 60.9 Å². The predicted octanol–water partition coefficient (Wildman–Crippen LogP) is 2.37. The molecule has 0 saturated carbocycles. The largest absolute Gasteiger partial charge is 0.381 e. The van der Waals surface area contributed by atoms with Crippen molar-refractivity contribution >= 4 is 11.6 Å². The maximum Gasteiger partial charge on any atom is 0.243 e. The van der Waals surface area contributed by atoms with Crippen LogP contribution in [-0.4, -0.2) is 74.5 Å². The zero-order valence-electron chi connectivity index (χ0n) is 18.3. The topological polar surface area (TPSA) is 53.3 Å². The number of benzene rings is 1. The maximum atomic E-state index is 13.8. The summed E-state index contributed by atoms with van der Waals surface area (Å²) in [5, 5.41) is 0. The van der Waals surface area contributed by atoms with Gasteiger partial charge in [-0.3, -0.25) is 14.6 Å². The summed E-state index contributed by atoms with van der Waals surface area (Å²) in [7, 11) is 0. The van der Waals surface area contributed by atoms with Crippen LogP contribution in [0.1, 0.15) is 24.1 Å². The predicted molar refractivity (Wildman–Crippen MR) is 121 cm³/mol. The van der Waals surface area contributed by atoms with E-state index in [0.717, 1.165) is 44.7 Å². The molecule has 6 rings (SSSR count). The average Bonchev–Trinajstić information content (AvgIpc) is 3.34.